The zero-order chi connectivity index (χ0) is 68.4. The number of carbonyl (C=O) groups is 3. The molecule has 508 valence electrons. The summed E-state index contributed by atoms with van der Waals surface area (Å²) in [6.07, 6.45) is 9.27. The number of hydrogen-bond donors (Lipinski definition) is 4. The van der Waals surface area contributed by atoms with Crippen molar-refractivity contribution in [1.29, 1.82) is 0 Å². The van der Waals surface area contributed by atoms with Crippen molar-refractivity contribution in [2.45, 2.75) is 255 Å². The highest BCUT2D eigenvalue weighted by Gasteiger charge is 2.27. The number of esters is 1. The largest absolute Gasteiger partial charge is 0.496 e. The van der Waals surface area contributed by atoms with Gasteiger partial charge in [-0.2, -0.15) is 0 Å². The number of nitrogens with zero attached hydrogens (tertiary/aromatic N) is 4. The first kappa shape index (κ1) is 94.6. The average Bonchev–Trinajstić information content (AvgIpc) is 3.93. The number of methoxy groups -OCH3 is 1. The molecule has 1 aliphatic heterocycles. The Balaban J connectivity index is -0.000000164. The summed E-state index contributed by atoms with van der Waals surface area (Å²) in [5.41, 5.74) is 3.23. The van der Waals surface area contributed by atoms with Gasteiger partial charge in [-0.25, -0.2) is 0 Å². The van der Waals surface area contributed by atoms with E-state index >= 15 is 0 Å². The topological polar surface area (TPSA) is 174 Å². The monoisotopic (exact) mass is 1210 g/mol. The van der Waals surface area contributed by atoms with Gasteiger partial charge in [0.2, 0.25) is 11.8 Å². The number of amides is 2. The van der Waals surface area contributed by atoms with Crippen LogP contribution in [0, 0.1) is 34.0 Å². The molecule has 0 bridgehead atoms. The Labute approximate surface area is 526 Å². The van der Waals surface area contributed by atoms with Crippen molar-refractivity contribution in [2.75, 3.05) is 87.5 Å². The van der Waals surface area contributed by atoms with Crippen LogP contribution in [0.3, 0.4) is 0 Å². The van der Waals surface area contributed by atoms with Crippen molar-refractivity contribution in [3.63, 3.8) is 0 Å². The number of likely N-dealkylation sites (tertiary alicyclic amines) is 1. The number of aliphatic hydroxyl groups is 3. The number of carbonyl (C=O) groups excluding carboxylic acids is 3. The molecule has 2 amide bonds. The van der Waals surface area contributed by atoms with Crippen molar-refractivity contribution >= 4 is 17.8 Å². The Hall–Kier alpha value is -4.05. The zero-order valence-electron chi connectivity index (χ0n) is 61.0. The molecule has 0 spiro atoms. The predicted molar refractivity (Wildman–Crippen MR) is 365 cm³/mol. The van der Waals surface area contributed by atoms with E-state index in [1.807, 2.05) is 88.2 Å². The van der Waals surface area contributed by atoms with E-state index in [-0.39, 0.29) is 59.9 Å². The lowest BCUT2D eigenvalue weighted by molar-refractivity contribution is -0.155. The van der Waals surface area contributed by atoms with Crippen molar-refractivity contribution in [3.05, 3.63) is 61.5 Å². The van der Waals surface area contributed by atoms with Gasteiger partial charge in [-0.1, -0.05) is 137 Å². The number of nitrogens with one attached hydrogen (secondary N) is 1. The third-order valence-electron chi connectivity index (χ3n) is 15.9. The molecule has 15 heteroatoms. The Bertz CT molecular complexity index is 1730. The second-order valence-electron chi connectivity index (χ2n) is 24.6. The van der Waals surface area contributed by atoms with Crippen LogP contribution < -0.4 is 5.32 Å². The van der Waals surface area contributed by atoms with Gasteiger partial charge in [0.05, 0.1) is 36.8 Å². The van der Waals surface area contributed by atoms with Crippen LogP contribution >= 0.6 is 0 Å². The quantitative estimate of drug-likeness (QED) is 0.0285. The van der Waals surface area contributed by atoms with Gasteiger partial charge >= 0.3 is 5.97 Å². The van der Waals surface area contributed by atoms with E-state index in [0.717, 1.165) is 76.0 Å². The van der Waals surface area contributed by atoms with Gasteiger partial charge in [0.1, 0.15) is 25.9 Å². The SMILES string of the molecule is C=C(C(C)CC)N(C)C.C=C(C(C)CC)N(CC)CC.C=C(C)N(C)C(C)CC.C=C(OCC(O)CO)C(C)(C)CC.C=C(OCCO)C(C)(C)CC.CCC(C)(C)C(=O)OCCOC.CCC(C)C(=O)NC(C)C.CCC(C)N1CCCC1=O. The summed E-state index contributed by atoms with van der Waals surface area (Å²) in [7, 11) is 7.73. The summed E-state index contributed by atoms with van der Waals surface area (Å²) in [6.45, 7) is 73.5. The van der Waals surface area contributed by atoms with Crippen LogP contribution in [0.25, 0.3) is 0 Å². The van der Waals surface area contributed by atoms with Gasteiger partial charge in [-0.05, 0) is 132 Å². The van der Waals surface area contributed by atoms with Gasteiger partial charge in [0, 0.05) is 106 Å². The maximum atomic E-state index is 11.3. The molecular weight excluding hydrogens is 1070 g/mol. The fourth-order valence-electron chi connectivity index (χ4n) is 6.23. The van der Waals surface area contributed by atoms with Crippen molar-refractivity contribution in [1.82, 2.24) is 24.9 Å². The molecule has 0 radical (unpaired) electrons. The summed E-state index contributed by atoms with van der Waals surface area (Å²) in [5, 5.41) is 28.9. The number of ether oxygens (including phenoxy) is 4. The molecule has 0 aromatic heterocycles. The molecule has 1 fully saturated rings. The molecule has 0 aromatic rings. The third-order valence-corrected chi connectivity index (χ3v) is 15.9. The zero-order valence-corrected chi connectivity index (χ0v) is 61.0. The molecule has 4 N–H and O–H groups in total. The van der Waals surface area contributed by atoms with Gasteiger partial charge in [-0.15, -0.1) is 0 Å². The first-order chi connectivity index (χ1) is 39.2. The van der Waals surface area contributed by atoms with Crippen LogP contribution in [-0.4, -0.2) is 164 Å². The first-order valence-corrected chi connectivity index (χ1v) is 32.2. The fraction of sp³-hybridized carbons (Fsp3) is 0.814. The molecule has 1 heterocycles. The van der Waals surface area contributed by atoms with Crippen molar-refractivity contribution < 1.29 is 48.7 Å². The van der Waals surface area contributed by atoms with Crippen molar-refractivity contribution in [3.8, 4) is 0 Å². The molecule has 1 saturated heterocycles. The Morgan fingerprint density at radius 3 is 1.38 bits per heavy atom. The molecule has 15 nitrogen and oxygen atoms in total. The second-order valence-corrected chi connectivity index (χ2v) is 24.6. The van der Waals surface area contributed by atoms with Gasteiger partial charge in [-0.3, -0.25) is 14.4 Å². The Morgan fingerprint density at radius 2 is 1.08 bits per heavy atom. The summed E-state index contributed by atoms with van der Waals surface area (Å²) in [6, 6.07) is 1.35. The molecule has 1 aliphatic rings. The minimum Gasteiger partial charge on any atom is -0.496 e. The van der Waals surface area contributed by atoms with Crippen LogP contribution in [-0.2, 0) is 33.3 Å². The lowest BCUT2D eigenvalue weighted by Crippen LogP contribution is -2.34. The molecule has 6 atom stereocenters. The maximum absolute atomic E-state index is 11.3. The van der Waals surface area contributed by atoms with Crippen molar-refractivity contribution in [2.24, 2.45) is 34.0 Å². The normalized spacial score (nSPS) is 13.7. The number of rotatable bonds is 32. The lowest BCUT2D eigenvalue weighted by Gasteiger charge is -2.27. The van der Waals surface area contributed by atoms with E-state index in [2.05, 4.69) is 157 Å². The number of aliphatic hydroxyl groups excluding tert-OH is 3. The van der Waals surface area contributed by atoms with E-state index in [1.54, 1.807) is 7.11 Å². The Morgan fingerprint density at radius 1 is 0.635 bits per heavy atom. The highest BCUT2D eigenvalue weighted by Crippen LogP contribution is 2.30. The maximum Gasteiger partial charge on any atom is 0.311 e. The van der Waals surface area contributed by atoms with Gasteiger partial charge in [0.15, 0.2) is 0 Å². The number of allylic oxidation sites excluding steroid dienone is 5. The van der Waals surface area contributed by atoms with Gasteiger partial charge < -0.3 is 59.2 Å². The summed E-state index contributed by atoms with van der Waals surface area (Å²) >= 11 is 0. The van der Waals surface area contributed by atoms with E-state index in [1.165, 1.54) is 30.7 Å². The molecule has 6 unspecified atom stereocenters. The van der Waals surface area contributed by atoms with E-state index in [9.17, 15) is 14.4 Å². The Kier molecular flexibility index (Phi) is 61.5. The molecule has 1 rings (SSSR count). The highest BCUT2D eigenvalue weighted by atomic mass is 16.6. The molecule has 0 aromatic carbocycles. The van der Waals surface area contributed by atoms with E-state index in [4.69, 9.17) is 34.3 Å². The molecule has 0 aliphatic carbocycles. The van der Waals surface area contributed by atoms with Crippen LogP contribution in [0.5, 0.6) is 0 Å². The summed E-state index contributed by atoms with van der Waals surface area (Å²) in [4.78, 5) is 42.1. The molecule has 0 saturated carbocycles. The van der Waals surface area contributed by atoms with E-state index < -0.39 is 6.10 Å². The summed E-state index contributed by atoms with van der Waals surface area (Å²) in [5.74, 6) is 3.18. The minimum atomic E-state index is -0.815. The standard InChI is InChI=1S/C10H21N.C10H20O3.C9H18O3.C9H18O2.C8H15NO.C8H17NO.2C8H17N/c1-6-9(4)10(5)11(7-2)8-3;1-5-10(3,4)8(2)13-7-9(12)6-11;1-5-9(2,3)8(10)12-7-6-11-4;1-5-9(3,4)8(2)11-7-6-10;1-3-7(2)9-6-4-5-8(9)10;1-5-7(4)8(10)9-6(2)3;1-6-7(2)8(3)9(4)5;1-6-8(4)9(5)7(2)3/h9H,5-8H2,1-4H3;9,11-12H,2,5-7H2,1,3-4H3;5-7H2,1-4H3;10H,2,5-7H2,1,3-4H3;7H,3-6H2,1-2H3;6-7H,5H2,1-4H3,(H,9,10);7H,3,6H2,1-2,4-5H3;8H,2,6H2,1,3-5H3. The lowest BCUT2D eigenvalue weighted by atomic mass is 9.88. The van der Waals surface area contributed by atoms with E-state index in [0.29, 0.717) is 55.4 Å². The van der Waals surface area contributed by atoms with Crippen LogP contribution in [0.4, 0.5) is 0 Å². The third kappa shape index (κ3) is 49.6. The minimum absolute atomic E-state index is 0.0230. The molecular formula is C70H143N5O10. The molecule has 85 heavy (non-hydrogen) atoms. The highest BCUT2D eigenvalue weighted by molar-refractivity contribution is 5.78. The average molecular weight is 1210 g/mol. The van der Waals surface area contributed by atoms with Crippen LogP contribution in [0.2, 0.25) is 0 Å². The summed E-state index contributed by atoms with van der Waals surface area (Å²) < 4.78 is 20.2. The van der Waals surface area contributed by atoms with Crippen LogP contribution in [0.15, 0.2) is 61.5 Å². The first-order valence-electron chi connectivity index (χ1n) is 32.2. The number of hydrogen-bond acceptors (Lipinski definition) is 13. The van der Waals surface area contributed by atoms with Crippen LogP contribution in [0.1, 0.15) is 230 Å². The predicted octanol–water partition coefficient (Wildman–Crippen LogP) is 15.1. The second kappa shape index (κ2) is 55.3. The van der Waals surface area contributed by atoms with Gasteiger partial charge in [0.25, 0.3) is 0 Å². The fourth-order valence-corrected chi connectivity index (χ4v) is 6.23. The smallest absolute Gasteiger partial charge is 0.311 e.